The minimum atomic E-state index is 0.141. The Morgan fingerprint density at radius 1 is 1.39 bits per heavy atom. The molecule has 1 saturated heterocycles. The summed E-state index contributed by atoms with van der Waals surface area (Å²) in [7, 11) is 0. The molecule has 0 amide bonds. The molecule has 4 heteroatoms. The summed E-state index contributed by atoms with van der Waals surface area (Å²) in [6.07, 6.45) is 3.32. The molecule has 0 saturated carbocycles. The molecule has 0 radical (unpaired) electrons. The molecule has 0 aliphatic carbocycles. The average Bonchev–Trinajstić information content (AvgIpc) is 3.02. The molecule has 2 atom stereocenters. The van der Waals surface area contributed by atoms with Crippen molar-refractivity contribution in [1.29, 1.82) is 0 Å². The third kappa shape index (κ3) is 2.52. The van der Waals surface area contributed by atoms with Crippen LogP contribution in [0.2, 0.25) is 5.02 Å². The molecule has 18 heavy (non-hydrogen) atoms. The van der Waals surface area contributed by atoms with E-state index in [1.54, 1.807) is 0 Å². The lowest BCUT2D eigenvalue weighted by molar-refractivity contribution is 0.214. The zero-order chi connectivity index (χ0) is 12.4. The molecule has 0 bridgehead atoms. The van der Waals surface area contributed by atoms with Gasteiger partial charge >= 0.3 is 0 Å². The molecule has 2 unspecified atom stereocenters. The van der Waals surface area contributed by atoms with Crippen LogP contribution in [0.3, 0.4) is 0 Å². The van der Waals surface area contributed by atoms with E-state index in [0.29, 0.717) is 6.04 Å². The maximum Gasteiger partial charge on any atom is 0.201 e. The topological polar surface area (TPSA) is 33.6 Å². The van der Waals surface area contributed by atoms with Crippen LogP contribution in [0.15, 0.2) is 29.3 Å². The van der Waals surface area contributed by atoms with Crippen molar-refractivity contribution in [2.75, 3.05) is 13.1 Å². The number of hydrogen-bond acceptors (Lipinski definition) is 3. The summed E-state index contributed by atoms with van der Waals surface area (Å²) in [5.41, 5.74) is 1.14. The van der Waals surface area contributed by atoms with Gasteiger partial charge in [-0.2, -0.15) is 0 Å². The van der Waals surface area contributed by atoms with Gasteiger partial charge in [-0.3, -0.25) is 4.99 Å². The van der Waals surface area contributed by atoms with Gasteiger partial charge in [-0.25, -0.2) is 0 Å². The molecule has 1 aromatic rings. The molecule has 0 spiro atoms. The summed E-state index contributed by atoms with van der Waals surface area (Å²) in [6, 6.07) is 8.27. The second-order valence-corrected chi connectivity index (χ2v) is 5.27. The minimum absolute atomic E-state index is 0.141. The van der Waals surface area contributed by atoms with Crippen LogP contribution in [-0.2, 0) is 11.2 Å². The first-order valence-corrected chi connectivity index (χ1v) is 6.88. The van der Waals surface area contributed by atoms with Gasteiger partial charge in [-0.05, 0) is 31.0 Å². The summed E-state index contributed by atoms with van der Waals surface area (Å²) < 4.78 is 5.93. The van der Waals surface area contributed by atoms with Crippen LogP contribution in [0, 0.1) is 0 Å². The Hall–Kier alpha value is -1.06. The lowest BCUT2D eigenvalue weighted by Gasteiger charge is -2.15. The molecule has 2 aliphatic rings. The lowest BCUT2D eigenvalue weighted by Crippen LogP contribution is -2.32. The zero-order valence-electron chi connectivity index (χ0n) is 10.2. The van der Waals surface area contributed by atoms with Crippen molar-refractivity contribution in [3.8, 4) is 0 Å². The van der Waals surface area contributed by atoms with E-state index in [2.05, 4.69) is 16.4 Å². The summed E-state index contributed by atoms with van der Waals surface area (Å²) in [6.45, 7) is 1.82. The number of rotatable bonds is 3. The maximum absolute atomic E-state index is 6.16. The van der Waals surface area contributed by atoms with E-state index in [9.17, 15) is 0 Å². The van der Waals surface area contributed by atoms with Crippen LogP contribution in [0.25, 0.3) is 0 Å². The van der Waals surface area contributed by atoms with Gasteiger partial charge in [0.15, 0.2) is 0 Å². The van der Waals surface area contributed by atoms with E-state index in [1.165, 1.54) is 6.42 Å². The highest BCUT2D eigenvalue weighted by molar-refractivity contribution is 6.31. The van der Waals surface area contributed by atoms with Crippen LogP contribution in [0.4, 0.5) is 0 Å². The maximum atomic E-state index is 6.16. The van der Waals surface area contributed by atoms with Crippen LogP contribution in [0.5, 0.6) is 0 Å². The van der Waals surface area contributed by atoms with E-state index < -0.39 is 0 Å². The molecular weight excluding hydrogens is 248 g/mol. The van der Waals surface area contributed by atoms with E-state index in [-0.39, 0.29) is 6.10 Å². The summed E-state index contributed by atoms with van der Waals surface area (Å²) in [4.78, 5) is 4.51. The fraction of sp³-hybridized carbons (Fsp3) is 0.500. The zero-order valence-corrected chi connectivity index (χ0v) is 11.0. The van der Waals surface area contributed by atoms with Crippen molar-refractivity contribution < 1.29 is 4.74 Å². The van der Waals surface area contributed by atoms with Crippen molar-refractivity contribution >= 4 is 17.5 Å². The van der Waals surface area contributed by atoms with Crippen molar-refractivity contribution in [3.05, 3.63) is 34.9 Å². The van der Waals surface area contributed by atoms with Crippen LogP contribution in [-0.4, -0.2) is 31.1 Å². The van der Waals surface area contributed by atoms with E-state index in [4.69, 9.17) is 16.3 Å². The Morgan fingerprint density at radius 2 is 2.28 bits per heavy atom. The summed E-state index contributed by atoms with van der Waals surface area (Å²) in [5.74, 6) is 0.893. The van der Waals surface area contributed by atoms with Crippen LogP contribution < -0.4 is 5.32 Å². The molecule has 3 nitrogen and oxygen atoms in total. The highest BCUT2D eigenvalue weighted by atomic mass is 35.5. The third-order valence-corrected chi connectivity index (χ3v) is 3.87. The number of ether oxygens (including phenoxy) is 1. The third-order valence-electron chi connectivity index (χ3n) is 3.50. The van der Waals surface area contributed by atoms with Crippen LogP contribution >= 0.6 is 11.6 Å². The normalized spacial score (nSPS) is 27.1. The minimum Gasteiger partial charge on any atom is -0.474 e. The fourth-order valence-corrected chi connectivity index (χ4v) is 2.75. The van der Waals surface area contributed by atoms with Crippen molar-refractivity contribution in [1.82, 2.24) is 5.32 Å². The second kappa shape index (κ2) is 5.29. The van der Waals surface area contributed by atoms with Gasteiger partial charge in [0.2, 0.25) is 5.90 Å². The van der Waals surface area contributed by atoms with Gasteiger partial charge in [0.05, 0.1) is 12.6 Å². The number of nitrogens with zero attached hydrogens (tertiary/aromatic N) is 1. The molecule has 0 aromatic heterocycles. The van der Waals surface area contributed by atoms with Crippen molar-refractivity contribution in [2.24, 2.45) is 4.99 Å². The monoisotopic (exact) mass is 264 g/mol. The molecule has 2 aliphatic heterocycles. The van der Waals surface area contributed by atoms with Gasteiger partial charge in [-0.15, -0.1) is 0 Å². The Morgan fingerprint density at radius 3 is 3.06 bits per heavy atom. The first kappa shape index (κ1) is 12.0. The number of benzene rings is 1. The Kier molecular flexibility index (Phi) is 3.52. The first-order chi connectivity index (χ1) is 8.83. The Bertz CT molecular complexity index is 455. The number of halogens is 1. The molecule has 3 rings (SSSR count). The Labute approximate surface area is 112 Å². The molecule has 1 fully saturated rings. The standard InChI is InChI=1S/C14H17ClN2O/c15-12-5-2-1-4-10(12)8-11-9-17-14(18-11)13-6-3-7-16-13/h1-2,4-5,11,13,16H,3,6-9H2. The van der Waals surface area contributed by atoms with Gasteiger partial charge in [-0.1, -0.05) is 29.8 Å². The lowest BCUT2D eigenvalue weighted by atomic mass is 10.1. The quantitative estimate of drug-likeness (QED) is 0.910. The highest BCUT2D eigenvalue weighted by Gasteiger charge is 2.28. The highest BCUT2D eigenvalue weighted by Crippen LogP contribution is 2.21. The fourth-order valence-electron chi connectivity index (χ4n) is 2.54. The molecular formula is C14H17ClN2O. The molecule has 96 valence electrons. The number of aliphatic imine (C=N–C) groups is 1. The van der Waals surface area contributed by atoms with E-state index in [0.717, 1.165) is 42.4 Å². The largest absolute Gasteiger partial charge is 0.474 e. The van der Waals surface area contributed by atoms with Gasteiger partial charge in [0.25, 0.3) is 0 Å². The van der Waals surface area contributed by atoms with Crippen LogP contribution in [0.1, 0.15) is 18.4 Å². The number of nitrogens with one attached hydrogen (secondary N) is 1. The van der Waals surface area contributed by atoms with Gasteiger partial charge in [0, 0.05) is 11.4 Å². The second-order valence-electron chi connectivity index (χ2n) is 4.86. The smallest absolute Gasteiger partial charge is 0.201 e. The van der Waals surface area contributed by atoms with E-state index >= 15 is 0 Å². The summed E-state index contributed by atoms with van der Waals surface area (Å²) >= 11 is 6.16. The predicted octanol–water partition coefficient (Wildman–Crippen LogP) is 2.43. The average molecular weight is 265 g/mol. The van der Waals surface area contributed by atoms with Crippen molar-refractivity contribution in [3.63, 3.8) is 0 Å². The van der Waals surface area contributed by atoms with Crippen molar-refractivity contribution in [2.45, 2.75) is 31.4 Å². The SMILES string of the molecule is Clc1ccccc1CC1CN=C(C2CCCN2)O1. The summed E-state index contributed by atoms with van der Waals surface area (Å²) in [5, 5.41) is 4.23. The number of hydrogen-bond donors (Lipinski definition) is 1. The molecule has 2 heterocycles. The van der Waals surface area contributed by atoms with Gasteiger partial charge in [0.1, 0.15) is 6.10 Å². The van der Waals surface area contributed by atoms with Gasteiger partial charge < -0.3 is 10.1 Å². The Balaban J connectivity index is 1.59. The predicted molar refractivity (Wildman–Crippen MR) is 73.4 cm³/mol. The molecule has 1 aromatic carbocycles. The van der Waals surface area contributed by atoms with E-state index in [1.807, 2.05) is 18.2 Å². The molecule has 1 N–H and O–H groups in total. The first-order valence-electron chi connectivity index (χ1n) is 6.51.